The molecule has 3 unspecified atom stereocenters. The Morgan fingerprint density at radius 3 is 2.68 bits per heavy atom. The molecular formula is C23H34N4O. The van der Waals surface area contributed by atoms with Crippen LogP contribution in [-0.4, -0.2) is 40.2 Å². The van der Waals surface area contributed by atoms with E-state index in [2.05, 4.69) is 66.1 Å². The lowest BCUT2D eigenvalue weighted by Gasteiger charge is -2.38. The van der Waals surface area contributed by atoms with Crippen molar-refractivity contribution in [2.75, 3.05) is 20.1 Å². The molecule has 0 aliphatic heterocycles. The average Bonchev–Trinajstić information content (AvgIpc) is 3.07. The SMILES string of the molecule is CC1=CC(CN(C)CCc2ccccn2)C(C(C)C)CC1Cc1nnc(C)o1. The summed E-state index contributed by atoms with van der Waals surface area (Å²) in [6, 6.07) is 6.15. The van der Waals surface area contributed by atoms with Crippen molar-refractivity contribution in [2.45, 2.75) is 47.0 Å². The first-order chi connectivity index (χ1) is 13.4. The highest BCUT2D eigenvalue weighted by Gasteiger charge is 2.32. The van der Waals surface area contributed by atoms with Gasteiger partial charge < -0.3 is 9.32 Å². The number of allylic oxidation sites excluding steroid dienone is 1. The molecule has 0 radical (unpaired) electrons. The first-order valence-electron chi connectivity index (χ1n) is 10.5. The summed E-state index contributed by atoms with van der Waals surface area (Å²) < 4.78 is 5.63. The maximum atomic E-state index is 5.63. The standard InChI is InChI=1S/C23H34N4O/c1-16(2)22-13-19(14-23-26-25-18(4)28-23)17(3)12-20(22)15-27(5)11-9-21-8-6-7-10-24-21/h6-8,10,12,16,19-20,22H,9,11,13-15H2,1-5H3. The van der Waals surface area contributed by atoms with E-state index >= 15 is 0 Å². The molecule has 0 N–H and O–H groups in total. The zero-order valence-electron chi connectivity index (χ0n) is 17.9. The van der Waals surface area contributed by atoms with E-state index in [1.165, 1.54) is 17.7 Å². The molecule has 0 amide bonds. The fourth-order valence-corrected chi connectivity index (χ4v) is 4.42. The monoisotopic (exact) mass is 382 g/mol. The van der Waals surface area contributed by atoms with E-state index in [1.54, 1.807) is 0 Å². The van der Waals surface area contributed by atoms with Crippen molar-refractivity contribution < 1.29 is 4.42 Å². The lowest BCUT2D eigenvalue weighted by atomic mass is 9.69. The van der Waals surface area contributed by atoms with Gasteiger partial charge in [0.1, 0.15) is 0 Å². The van der Waals surface area contributed by atoms with E-state index in [1.807, 2.05) is 19.2 Å². The van der Waals surface area contributed by atoms with Gasteiger partial charge in [0, 0.05) is 44.7 Å². The molecule has 28 heavy (non-hydrogen) atoms. The summed E-state index contributed by atoms with van der Waals surface area (Å²) in [6.07, 6.45) is 7.44. The first kappa shape index (κ1) is 20.7. The fraction of sp³-hybridized carbons (Fsp3) is 0.609. The Morgan fingerprint density at radius 1 is 1.21 bits per heavy atom. The number of aromatic nitrogens is 3. The molecule has 2 aromatic rings. The van der Waals surface area contributed by atoms with Crippen molar-refractivity contribution in [3.63, 3.8) is 0 Å². The third-order valence-electron chi connectivity index (χ3n) is 6.07. The minimum absolute atomic E-state index is 0.502. The highest BCUT2D eigenvalue weighted by molar-refractivity contribution is 5.14. The van der Waals surface area contributed by atoms with Gasteiger partial charge in [0.25, 0.3) is 0 Å². The van der Waals surface area contributed by atoms with Crippen molar-refractivity contribution in [1.82, 2.24) is 20.1 Å². The summed E-state index contributed by atoms with van der Waals surface area (Å²) in [5.74, 6) is 3.85. The van der Waals surface area contributed by atoms with Gasteiger partial charge in [-0.05, 0) is 56.2 Å². The van der Waals surface area contributed by atoms with Crippen LogP contribution in [0, 0.1) is 30.6 Å². The number of pyridine rings is 1. The number of likely N-dealkylation sites (N-methyl/N-ethyl adjacent to an activating group) is 1. The highest BCUT2D eigenvalue weighted by Crippen LogP contribution is 2.39. The molecule has 5 nitrogen and oxygen atoms in total. The number of hydrogen-bond donors (Lipinski definition) is 0. The largest absolute Gasteiger partial charge is 0.426 e. The zero-order chi connectivity index (χ0) is 20.1. The lowest BCUT2D eigenvalue weighted by Crippen LogP contribution is -2.36. The molecule has 5 heteroatoms. The van der Waals surface area contributed by atoms with Gasteiger partial charge in [-0.15, -0.1) is 10.2 Å². The van der Waals surface area contributed by atoms with E-state index in [-0.39, 0.29) is 0 Å². The molecule has 0 fully saturated rings. The molecule has 0 bridgehead atoms. The molecule has 3 atom stereocenters. The van der Waals surface area contributed by atoms with E-state index < -0.39 is 0 Å². The minimum Gasteiger partial charge on any atom is -0.426 e. The third kappa shape index (κ3) is 5.51. The van der Waals surface area contributed by atoms with Crippen LogP contribution in [0.25, 0.3) is 0 Å². The summed E-state index contributed by atoms with van der Waals surface area (Å²) in [5.41, 5.74) is 2.64. The predicted octanol–water partition coefficient (Wildman–Crippen LogP) is 4.34. The van der Waals surface area contributed by atoms with Gasteiger partial charge in [-0.3, -0.25) is 4.98 Å². The van der Waals surface area contributed by atoms with Crippen molar-refractivity contribution in [1.29, 1.82) is 0 Å². The van der Waals surface area contributed by atoms with E-state index in [0.717, 1.165) is 31.8 Å². The molecule has 0 spiro atoms. The van der Waals surface area contributed by atoms with E-state index in [0.29, 0.717) is 29.6 Å². The maximum Gasteiger partial charge on any atom is 0.217 e. The topological polar surface area (TPSA) is 55.1 Å². The van der Waals surface area contributed by atoms with Gasteiger partial charge in [0.05, 0.1) is 0 Å². The van der Waals surface area contributed by atoms with Crippen LogP contribution in [0.15, 0.2) is 40.5 Å². The Balaban J connectivity index is 1.62. The van der Waals surface area contributed by atoms with Crippen LogP contribution in [0.1, 0.15) is 44.7 Å². The van der Waals surface area contributed by atoms with Gasteiger partial charge in [0.15, 0.2) is 0 Å². The average molecular weight is 383 g/mol. The first-order valence-corrected chi connectivity index (χ1v) is 10.5. The Bertz CT molecular complexity index is 768. The minimum atomic E-state index is 0.502. The van der Waals surface area contributed by atoms with Crippen LogP contribution in [0.5, 0.6) is 0 Å². The number of aryl methyl sites for hydroxylation is 1. The molecule has 1 aliphatic carbocycles. The summed E-state index contributed by atoms with van der Waals surface area (Å²) in [4.78, 5) is 6.90. The van der Waals surface area contributed by atoms with E-state index in [4.69, 9.17) is 4.42 Å². The van der Waals surface area contributed by atoms with Crippen LogP contribution in [0.2, 0.25) is 0 Å². The van der Waals surface area contributed by atoms with Crippen molar-refractivity contribution >= 4 is 0 Å². The molecule has 0 aromatic carbocycles. The van der Waals surface area contributed by atoms with Gasteiger partial charge in [-0.25, -0.2) is 0 Å². The molecule has 0 saturated carbocycles. The summed E-state index contributed by atoms with van der Waals surface area (Å²) in [7, 11) is 2.23. The summed E-state index contributed by atoms with van der Waals surface area (Å²) >= 11 is 0. The van der Waals surface area contributed by atoms with Gasteiger partial charge >= 0.3 is 0 Å². The second kappa shape index (κ2) is 9.46. The Kier molecular flexibility index (Phi) is 7.00. The quantitative estimate of drug-likeness (QED) is 0.636. The number of rotatable bonds is 8. The van der Waals surface area contributed by atoms with Crippen LogP contribution < -0.4 is 0 Å². The summed E-state index contributed by atoms with van der Waals surface area (Å²) in [5, 5.41) is 8.19. The van der Waals surface area contributed by atoms with Gasteiger partial charge in [-0.1, -0.05) is 31.6 Å². The van der Waals surface area contributed by atoms with Crippen LogP contribution in [0.4, 0.5) is 0 Å². The molecule has 152 valence electrons. The summed E-state index contributed by atoms with van der Waals surface area (Å²) in [6.45, 7) is 11.0. The Morgan fingerprint density at radius 2 is 2.04 bits per heavy atom. The highest BCUT2D eigenvalue weighted by atomic mass is 16.4. The smallest absolute Gasteiger partial charge is 0.217 e. The van der Waals surface area contributed by atoms with Crippen LogP contribution in [-0.2, 0) is 12.8 Å². The Hall–Kier alpha value is -2.01. The zero-order valence-corrected chi connectivity index (χ0v) is 17.9. The molecule has 2 aromatic heterocycles. The normalized spacial score (nSPS) is 22.7. The van der Waals surface area contributed by atoms with Gasteiger partial charge in [-0.2, -0.15) is 0 Å². The van der Waals surface area contributed by atoms with Crippen molar-refractivity contribution in [3.8, 4) is 0 Å². The van der Waals surface area contributed by atoms with Crippen LogP contribution in [0.3, 0.4) is 0 Å². The second-order valence-corrected chi connectivity index (χ2v) is 8.67. The predicted molar refractivity (Wildman–Crippen MR) is 112 cm³/mol. The molecule has 1 aliphatic rings. The third-order valence-corrected chi connectivity index (χ3v) is 6.07. The number of hydrogen-bond acceptors (Lipinski definition) is 5. The van der Waals surface area contributed by atoms with Crippen LogP contribution >= 0.6 is 0 Å². The van der Waals surface area contributed by atoms with E-state index in [9.17, 15) is 0 Å². The molecule has 3 rings (SSSR count). The van der Waals surface area contributed by atoms with Crippen molar-refractivity contribution in [3.05, 3.63) is 53.5 Å². The maximum absolute atomic E-state index is 5.63. The lowest BCUT2D eigenvalue weighted by molar-refractivity contribution is 0.176. The van der Waals surface area contributed by atoms with Crippen molar-refractivity contribution in [2.24, 2.45) is 23.7 Å². The second-order valence-electron chi connectivity index (χ2n) is 8.67. The number of nitrogens with zero attached hydrogens (tertiary/aromatic N) is 4. The fourth-order valence-electron chi connectivity index (χ4n) is 4.42. The molecular weight excluding hydrogens is 348 g/mol. The molecule has 0 saturated heterocycles. The van der Waals surface area contributed by atoms with Gasteiger partial charge in [0.2, 0.25) is 11.8 Å². The molecule has 2 heterocycles. The Labute approximate surface area is 169 Å².